The van der Waals surface area contributed by atoms with E-state index in [1.165, 1.54) is 57.8 Å². The molecular formula is C13H27B2NO. The Labute approximate surface area is 108 Å². The SMILES string of the molecule is BCCNCCC1(B)CCOC2(CCCC2)C1. The molecule has 1 N–H and O–H groups in total. The Balaban J connectivity index is 1.82. The maximum atomic E-state index is 6.13. The van der Waals surface area contributed by atoms with Crippen molar-refractivity contribution in [3.63, 3.8) is 0 Å². The summed E-state index contributed by atoms with van der Waals surface area (Å²) in [5, 5.41) is 4.06. The average Bonchev–Trinajstić information content (AvgIpc) is 2.72. The van der Waals surface area contributed by atoms with E-state index in [-0.39, 0.29) is 5.60 Å². The van der Waals surface area contributed by atoms with Crippen LogP contribution in [-0.4, -0.2) is 41.0 Å². The van der Waals surface area contributed by atoms with Crippen molar-refractivity contribution in [2.24, 2.45) is 0 Å². The van der Waals surface area contributed by atoms with Gasteiger partial charge in [-0.15, -0.1) is 0 Å². The molecule has 17 heavy (non-hydrogen) atoms. The number of nitrogens with one attached hydrogen (secondary N) is 1. The first-order valence-corrected chi connectivity index (χ1v) is 7.53. The molecule has 1 unspecified atom stereocenters. The van der Waals surface area contributed by atoms with Crippen molar-refractivity contribution in [1.29, 1.82) is 0 Å². The van der Waals surface area contributed by atoms with Gasteiger partial charge < -0.3 is 10.1 Å². The minimum atomic E-state index is 0.276. The van der Waals surface area contributed by atoms with Gasteiger partial charge in [0.05, 0.1) is 5.60 Å². The lowest BCUT2D eigenvalue weighted by Gasteiger charge is -2.45. The van der Waals surface area contributed by atoms with Crippen molar-refractivity contribution in [3.05, 3.63) is 0 Å². The number of hydrogen-bond acceptors (Lipinski definition) is 2. The van der Waals surface area contributed by atoms with Gasteiger partial charge in [-0.3, -0.25) is 0 Å². The Morgan fingerprint density at radius 3 is 2.59 bits per heavy atom. The number of ether oxygens (including phenoxy) is 1. The molecule has 0 bridgehead atoms. The largest absolute Gasteiger partial charge is 0.375 e. The Kier molecular flexibility index (Phi) is 4.59. The van der Waals surface area contributed by atoms with E-state index in [0.29, 0.717) is 5.31 Å². The van der Waals surface area contributed by atoms with Crippen molar-refractivity contribution >= 4 is 15.7 Å². The number of rotatable bonds is 5. The second kappa shape index (κ2) is 5.79. The maximum absolute atomic E-state index is 6.13. The molecule has 0 aromatic rings. The summed E-state index contributed by atoms with van der Waals surface area (Å²) in [7, 11) is 4.71. The summed E-state index contributed by atoms with van der Waals surface area (Å²) >= 11 is 0. The molecule has 1 atom stereocenters. The first-order chi connectivity index (χ1) is 8.18. The van der Waals surface area contributed by atoms with Gasteiger partial charge in [0.1, 0.15) is 15.7 Å². The molecule has 2 nitrogen and oxygen atoms in total. The molecule has 0 aromatic heterocycles. The van der Waals surface area contributed by atoms with E-state index in [2.05, 4.69) is 21.0 Å². The minimum Gasteiger partial charge on any atom is -0.375 e. The molecule has 2 rings (SSSR count). The highest BCUT2D eigenvalue weighted by Gasteiger charge is 2.44. The third-order valence-corrected chi connectivity index (χ3v) is 4.71. The number of hydrogen-bond donors (Lipinski definition) is 1. The standard InChI is InChI=1S/C13H27B2NO/c14-7-9-16-8-5-12(15)6-10-17-13(11-12)3-1-2-4-13/h16H,1-11,14-15H2. The fourth-order valence-electron chi connectivity index (χ4n) is 3.68. The van der Waals surface area contributed by atoms with Crippen LogP contribution in [-0.2, 0) is 4.74 Å². The summed E-state index contributed by atoms with van der Waals surface area (Å²) in [6.07, 6.45) is 10.5. The van der Waals surface area contributed by atoms with Crippen LogP contribution in [0.3, 0.4) is 0 Å². The third kappa shape index (κ3) is 3.51. The van der Waals surface area contributed by atoms with E-state index in [9.17, 15) is 0 Å². The van der Waals surface area contributed by atoms with E-state index in [1.807, 2.05) is 0 Å². The van der Waals surface area contributed by atoms with Crippen LogP contribution in [0, 0.1) is 0 Å². The second-order valence-corrected chi connectivity index (χ2v) is 6.48. The van der Waals surface area contributed by atoms with Gasteiger partial charge in [0.15, 0.2) is 0 Å². The smallest absolute Gasteiger partial charge is 0.109 e. The van der Waals surface area contributed by atoms with E-state index < -0.39 is 0 Å². The van der Waals surface area contributed by atoms with Crippen LogP contribution in [0.15, 0.2) is 0 Å². The van der Waals surface area contributed by atoms with Crippen molar-refractivity contribution in [3.8, 4) is 0 Å². The van der Waals surface area contributed by atoms with E-state index >= 15 is 0 Å². The lowest BCUT2D eigenvalue weighted by molar-refractivity contribution is -0.0890. The molecule has 1 saturated carbocycles. The molecule has 96 valence electrons. The normalized spacial score (nSPS) is 32.0. The Hall–Kier alpha value is 0.0499. The van der Waals surface area contributed by atoms with Crippen LogP contribution in [0.25, 0.3) is 0 Å². The zero-order valence-corrected chi connectivity index (χ0v) is 11.7. The fraction of sp³-hybridized carbons (Fsp3) is 1.00. The minimum absolute atomic E-state index is 0.276. The third-order valence-electron chi connectivity index (χ3n) is 4.71. The predicted octanol–water partition coefficient (Wildman–Crippen LogP) is 0.932. The quantitative estimate of drug-likeness (QED) is 0.565. The van der Waals surface area contributed by atoms with Crippen LogP contribution in [0.1, 0.15) is 44.9 Å². The molecular weight excluding hydrogens is 208 g/mol. The van der Waals surface area contributed by atoms with Crippen molar-refractivity contribution in [1.82, 2.24) is 5.32 Å². The van der Waals surface area contributed by atoms with Crippen LogP contribution in [0.4, 0.5) is 0 Å². The van der Waals surface area contributed by atoms with Gasteiger partial charge in [-0.2, -0.15) is 0 Å². The summed E-state index contributed by atoms with van der Waals surface area (Å²) in [6, 6.07) is 0. The van der Waals surface area contributed by atoms with Gasteiger partial charge in [0.25, 0.3) is 0 Å². The second-order valence-electron chi connectivity index (χ2n) is 6.48. The molecule has 1 aliphatic carbocycles. The lowest BCUT2D eigenvalue weighted by Crippen LogP contribution is -2.41. The molecule has 2 fully saturated rings. The zero-order chi connectivity index (χ0) is 12.2. The molecule has 1 heterocycles. The molecule has 4 heteroatoms. The van der Waals surface area contributed by atoms with Gasteiger partial charge in [0, 0.05) is 6.61 Å². The average molecular weight is 235 g/mol. The Morgan fingerprint density at radius 1 is 1.12 bits per heavy atom. The molecule has 1 spiro atoms. The summed E-state index contributed by atoms with van der Waals surface area (Å²) in [4.78, 5) is 0. The van der Waals surface area contributed by atoms with Crippen LogP contribution in [0.5, 0.6) is 0 Å². The fourth-order valence-corrected chi connectivity index (χ4v) is 3.68. The summed E-state index contributed by atoms with van der Waals surface area (Å²) in [6.45, 7) is 3.34. The monoisotopic (exact) mass is 235 g/mol. The van der Waals surface area contributed by atoms with Crippen molar-refractivity contribution < 1.29 is 4.74 Å². The van der Waals surface area contributed by atoms with Gasteiger partial charge in [-0.1, -0.05) is 24.5 Å². The van der Waals surface area contributed by atoms with Gasteiger partial charge in [-0.25, -0.2) is 0 Å². The maximum Gasteiger partial charge on any atom is 0.109 e. The van der Waals surface area contributed by atoms with Gasteiger partial charge in [0.2, 0.25) is 0 Å². The molecule has 1 aliphatic heterocycles. The van der Waals surface area contributed by atoms with Gasteiger partial charge >= 0.3 is 0 Å². The Bertz CT molecular complexity index is 244. The van der Waals surface area contributed by atoms with Crippen LogP contribution in [0.2, 0.25) is 11.6 Å². The Morgan fingerprint density at radius 2 is 1.88 bits per heavy atom. The summed E-state index contributed by atoms with van der Waals surface area (Å²) in [5.41, 5.74) is 0.276. The first-order valence-electron chi connectivity index (χ1n) is 7.53. The topological polar surface area (TPSA) is 21.3 Å². The van der Waals surface area contributed by atoms with Crippen molar-refractivity contribution in [2.45, 2.75) is 62.2 Å². The van der Waals surface area contributed by atoms with Gasteiger partial charge in [-0.05, 0) is 45.2 Å². The first kappa shape index (κ1) is 13.5. The molecule has 2 aliphatic rings. The molecule has 1 saturated heterocycles. The highest BCUT2D eigenvalue weighted by molar-refractivity contribution is 6.15. The highest BCUT2D eigenvalue weighted by Crippen LogP contribution is 2.50. The molecule has 0 radical (unpaired) electrons. The summed E-state index contributed by atoms with van der Waals surface area (Å²) in [5.74, 6) is 0. The van der Waals surface area contributed by atoms with E-state index in [0.717, 1.165) is 13.2 Å². The van der Waals surface area contributed by atoms with E-state index in [1.54, 1.807) is 0 Å². The summed E-state index contributed by atoms with van der Waals surface area (Å²) < 4.78 is 6.13. The van der Waals surface area contributed by atoms with E-state index in [4.69, 9.17) is 4.74 Å². The highest BCUT2D eigenvalue weighted by atomic mass is 16.5. The predicted molar refractivity (Wildman–Crippen MR) is 78.5 cm³/mol. The van der Waals surface area contributed by atoms with Crippen molar-refractivity contribution in [2.75, 3.05) is 19.7 Å². The zero-order valence-electron chi connectivity index (χ0n) is 11.7. The van der Waals surface area contributed by atoms with Crippen LogP contribution >= 0.6 is 0 Å². The lowest BCUT2D eigenvalue weighted by atomic mass is 9.58. The molecule has 0 amide bonds. The van der Waals surface area contributed by atoms with Crippen LogP contribution < -0.4 is 5.32 Å². The molecule has 0 aromatic carbocycles.